The topological polar surface area (TPSA) is 72.9 Å². The van der Waals surface area contributed by atoms with Crippen molar-refractivity contribution < 1.29 is 23.4 Å². The van der Waals surface area contributed by atoms with Crippen molar-refractivity contribution in [3.8, 4) is 22.9 Å². The van der Waals surface area contributed by atoms with Crippen LogP contribution in [0, 0.1) is 5.82 Å². The summed E-state index contributed by atoms with van der Waals surface area (Å²) in [6.45, 7) is 5.39. The SMILES string of the molecule is C=CCOC[C@@H](O)CN(Cc1ccco1)Cc1c(-c2ccccc2)nn(C)c1Oc1ccc(F)cc1. The molecular weight excluding hydrogens is 461 g/mol. The van der Waals surface area contributed by atoms with Crippen LogP contribution in [0.25, 0.3) is 11.3 Å². The Bertz CT molecular complexity index is 1220. The van der Waals surface area contributed by atoms with Gasteiger partial charge in [0.25, 0.3) is 0 Å². The van der Waals surface area contributed by atoms with Crippen LogP contribution in [0.3, 0.4) is 0 Å². The third-order valence-electron chi connectivity index (χ3n) is 5.52. The maximum Gasteiger partial charge on any atom is 0.222 e. The molecule has 2 aromatic heterocycles. The maximum absolute atomic E-state index is 13.5. The van der Waals surface area contributed by atoms with E-state index >= 15 is 0 Å². The van der Waals surface area contributed by atoms with Crippen molar-refractivity contribution in [1.82, 2.24) is 14.7 Å². The number of nitrogens with zero attached hydrogens (tertiary/aromatic N) is 3. The molecular formula is C28H30FN3O4. The smallest absolute Gasteiger partial charge is 0.222 e. The van der Waals surface area contributed by atoms with Gasteiger partial charge in [-0.05, 0) is 36.4 Å². The van der Waals surface area contributed by atoms with Gasteiger partial charge in [-0.1, -0.05) is 36.4 Å². The molecule has 0 aliphatic rings. The van der Waals surface area contributed by atoms with Crippen molar-refractivity contribution in [1.29, 1.82) is 0 Å². The van der Waals surface area contributed by atoms with Crippen molar-refractivity contribution in [2.24, 2.45) is 7.05 Å². The molecule has 0 bridgehead atoms. The summed E-state index contributed by atoms with van der Waals surface area (Å²) in [4.78, 5) is 2.06. The highest BCUT2D eigenvalue weighted by molar-refractivity contribution is 5.65. The van der Waals surface area contributed by atoms with Crippen molar-refractivity contribution >= 4 is 0 Å². The lowest BCUT2D eigenvalue weighted by Gasteiger charge is -2.24. The summed E-state index contributed by atoms with van der Waals surface area (Å²) in [7, 11) is 1.81. The van der Waals surface area contributed by atoms with Crippen molar-refractivity contribution in [3.05, 3.63) is 103 Å². The van der Waals surface area contributed by atoms with Gasteiger partial charge in [-0.3, -0.25) is 4.90 Å². The fraction of sp³-hybridized carbons (Fsp3) is 0.250. The van der Waals surface area contributed by atoms with Gasteiger partial charge in [-0.2, -0.15) is 5.10 Å². The molecule has 8 heteroatoms. The highest BCUT2D eigenvalue weighted by atomic mass is 19.1. The second-order valence-electron chi connectivity index (χ2n) is 8.41. The molecule has 188 valence electrons. The van der Waals surface area contributed by atoms with Crippen molar-refractivity contribution in [3.63, 3.8) is 0 Å². The molecule has 4 aromatic rings. The molecule has 36 heavy (non-hydrogen) atoms. The number of halogens is 1. The minimum Gasteiger partial charge on any atom is -0.468 e. The van der Waals surface area contributed by atoms with E-state index in [-0.39, 0.29) is 12.4 Å². The van der Waals surface area contributed by atoms with E-state index in [1.165, 1.54) is 12.1 Å². The predicted octanol–water partition coefficient (Wildman–Crippen LogP) is 5.18. The quantitative estimate of drug-likeness (QED) is 0.205. The van der Waals surface area contributed by atoms with Gasteiger partial charge >= 0.3 is 0 Å². The molecule has 0 fully saturated rings. The van der Waals surface area contributed by atoms with Gasteiger partial charge in [0.1, 0.15) is 23.0 Å². The molecule has 0 aliphatic carbocycles. The number of rotatable bonds is 13. The number of furan rings is 1. The Hall–Kier alpha value is -3.72. The number of aliphatic hydroxyl groups is 1. The van der Waals surface area contributed by atoms with E-state index in [0.29, 0.717) is 37.9 Å². The standard InChI is InChI=1S/C28H30FN3O4/c1-3-15-34-20-23(33)17-32(18-25-10-7-16-35-25)19-26-27(21-8-5-4-6-9-21)30-31(2)28(26)36-24-13-11-22(29)12-14-24/h3-14,16,23,33H,1,15,17-20H2,2H3/t23-/m0/s1. The van der Waals surface area contributed by atoms with Gasteiger partial charge < -0.3 is 19.0 Å². The molecule has 0 aliphatic heterocycles. The zero-order valence-corrected chi connectivity index (χ0v) is 20.2. The molecule has 0 saturated carbocycles. The largest absolute Gasteiger partial charge is 0.468 e. The highest BCUT2D eigenvalue weighted by Crippen LogP contribution is 2.34. The molecule has 0 saturated heterocycles. The third-order valence-corrected chi connectivity index (χ3v) is 5.52. The van der Waals surface area contributed by atoms with Gasteiger partial charge in [0.2, 0.25) is 5.88 Å². The van der Waals surface area contributed by atoms with Crippen LogP contribution in [0.15, 0.2) is 90.1 Å². The highest BCUT2D eigenvalue weighted by Gasteiger charge is 2.24. The normalized spacial score (nSPS) is 12.1. The molecule has 0 unspecified atom stereocenters. The predicted molar refractivity (Wildman–Crippen MR) is 135 cm³/mol. The number of benzene rings is 2. The minimum atomic E-state index is -0.724. The van der Waals surface area contributed by atoms with Crippen molar-refractivity contribution in [2.45, 2.75) is 19.2 Å². The lowest BCUT2D eigenvalue weighted by molar-refractivity contribution is 0.0215. The Labute approximate surface area is 210 Å². The average Bonchev–Trinajstić information content (AvgIpc) is 3.49. The summed E-state index contributed by atoms with van der Waals surface area (Å²) < 4.78 is 32.4. The molecule has 4 rings (SSSR count). The van der Waals surface area contributed by atoms with Gasteiger partial charge in [0.15, 0.2) is 0 Å². The summed E-state index contributed by atoms with van der Waals surface area (Å²) in [6.07, 6.45) is 2.55. The number of hydrogen-bond donors (Lipinski definition) is 1. The Balaban J connectivity index is 1.67. The summed E-state index contributed by atoms with van der Waals surface area (Å²) >= 11 is 0. The van der Waals surface area contributed by atoms with E-state index < -0.39 is 6.10 Å². The van der Waals surface area contributed by atoms with Crippen LogP contribution in [0.5, 0.6) is 11.6 Å². The number of aromatic nitrogens is 2. The third kappa shape index (κ3) is 6.69. The first kappa shape index (κ1) is 25.4. The molecule has 1 atom stereocenters. The van der Waals surface area contributed by atoms with Gasteiger partial charge in [-0.25, -0.2) is 9.07 Å². The number of aliphatic hydroxyl groups excluding tert-OH is 1. The lowest BCUT2D eigenvalue weighted by Crippen LogP contribution is -2.34. The van der Waals surface area contributed by atoms with E-state index in [4.69, 9.17) is 19.0 Å². The summed E-state index contributed by atoms with van der Waals surface area (Å²) in [6, 6.07) is 19.4. The van der Waals surface area contributed by atoms with Crippen LogP contribution in [-0.4, -0.2) is 45.6 Å². The Morgan fingerprint density at radius 3 is 2.58 bits per heavy atom. The number of hydrogen-bond acceptors (Lipinski definition) is 6. The molecule has 7 nitrogen and oxygen atoms in total. The van der Waals surface area contributed by atoms with Gasteiger partial charge in [-0.15, -0.1) is 6.58 Å². The number of aryl methyl sites for hydroxylation is 1. The summed E-state index contributed by atoms with van der Waals surface area (Å²) in [5.41, 5.74) is 2.53. The van der Waals surface area contributed by atoms with E-state index in [9.17, 15) is 9.50 Å². The fourth-order valence-electron chi connectivity index (χ4n) is 3.93. The zero-order valence-electron chi connectivity index (χ0n) is 20.2. The van der Waals surface area contributed by atoms with Gasteiger partial charge in [0.05, 0.1) is 37.7 Å². The molecule has 1 N–H and O–H groups in total. The summed E-state index contributed by atoms with van der Waals surface area (Å²) in [5, 5.41) is 15.4. The second kappa shape index (κ2) is 12.3. The van der Waals surface area contributed by atoms with Crippen LogP contribution < -0.4 is 4.74 Å². The van der Waals surface area contributed by atoms with Crippen LogP contribution in [0.4, 0.5) is 4.39 Å². The molecule has 0 amide bonds. The van der Waals surface area contributed by atoms with Crippen LogP contribution in [-0.2, 0) is 24.9 Å². The van der Waals surface area contributed by atoms with E-state index in [0.717, 1.165) is 22.6 Å². The molecule has 0 spiro atoms. The molecule has 2 aromatic carbocycles. The first-order valence-electron chi connectivity index (χ1n) is 11.7. The number of ether oxygens (including phenoxy) is 2. The molecule has 2 heterocycles. The van der Waals surface area contributed by atoms with Crippen LogP contribution in [0.2, 0.25) is 0 Å². The summed E-state index contributed by atoms with van der Waals surface area (Å²) in [5.74, 6) is 1.45. The maximum atomic E-state index is 13.5. The minimum absolute atomic E-state index is 0.179. The Morgan fingerprint density at radius 1 is 1.11 bits per heavy atom. The molecule has 0 radical (unpaired) electrons. The second-order valence-corrected chi connectivity index (χ2v) is 8.41. The van der Waals surface area contributed by atoms with Crippen LogP contribution >= 0.6 is 0 Å². The average molecular weight is 492 g/mol. The fourth-order valence-corrected chi connectivity index (χ4v) is 3.93. The first-order chi connectivity index (χ1) is 17.5. The zero-order chi connectivity index (χ0) is 25.3. The monoisotopic (exact) mass is 491 g/mol. The Kier molecular flexibility index (Phi) is 8.67. The van der Waals surface area contributed by atoms with Gasteiger partial charge in [0, 0.05) is 25.7 Å². The van der Waals surface area contributed by atoms with Crippen molar-refractivity contribution in [2.75, 3.05) is 19.8 Å². The lowest BCUT2D eigenvalue weighted by atomic mass is 10.1. The van der Waals surface area contributed by atoms with Crippen LogP contribution in [0.1, 0.15) is 11.3 Å². The van der Waals surface area contributed by atoms with E-state index in [2.05, 4.69) is 11.5 Å². The van der Waals surface area contributed by atoms with E-state index in [1.807, 2.05) is 49.5 Å². The van der Waals surface area contributed by atoms with E-state index in [1.54, 1.807) is 29.2 Å². The first-order valence-corrected chi connectivity index (χ1v) is 11.7. The Morgan fingerprint density at radius 2 is 1.89 bits per heavy atom.